The number of carbonyl (C=O) groups is 1. The second-order valence-electron chi connectivity index (χ2n) is 7.67. The zero-order chi connectivity index (χ0) is 24.9. The molecular formula is C21H24F2N6O5S. The highest BCUT2D eigenvalue weighted by molar-refractivity contribution is 7.16. The number of hydrogen-bond donors (Lipinski definition) is 3. The van der Waals surface area contributed by atoms with E-state index in [1.54, 1.807) is 20.1 Å². The van der Waals surface area contributed by atoms with Crippen molar-refractivity contribution in [2.24, 2.45) is 0 Å². The Kier molecular flexibility index (Phi) is 7.73. The van der Waals surface area contributed by atoms with E-state index in [9.17, 15) is 13.6 Å². The largest absolute Gasteiger partial charge is 0.422 e. The first-order valence-corrected chi connectivity index (χ1v) is 11.5. The number of urea groups is 1. The van der Waals surface area contributed by atoms with Crippen molar-refractivity contribution in [3.05, 3.63) is 35.0 Å². The van der Waals surface area contributed by atoms with Crippen LogP contribution in [0.25, 0.3) is 11.5 Å². The summed E-state index contributed by atoms with van der Waals surface area (Å²) in [6.45, 7) is -0.635. The van der Waals surface area contributed by atoms with E-state index in [-0.39, 0.29) is 18.5 Å². The molecule has 0 spiro atoms. The molecule has 3 N–H and O–H groups in total. The first-order valence-electron chi connectivity index (χ1n) is 10.7. The van der Waals surface area contributed by atoms with Crippen molar-refractivity contribution in [1.82, 2.24) is 20.3 Å². The molecular weight excluding hydrogens is 486 g/mol. The van der Waals surface area contributed by atoms with Gasteiger partial charge in [0.05, 0.1) is 42.1 Å². The maximum atomic E-state index is 12.5. The molecule has 35 heavy (non-hydrogen) atoms. The number of halogens is 2. The standard InChI is InChI=1S/C21H24F2N6O5S/c1-11(9-30)25-19(31)28-20-27-13-6-7-29(14(10-32-2)17(13)35-20)21-24-8-15(33-21)12-4-3-5-16(26-12)34-18(22)23/h3-5,8,11,14,18,30H,6-7,9-10H2,1-2H3,(H2,25,27,28,31)/t11-,14+/m1/s1. The lowest BCUT2D eigenvalue weighted by molar-refractivity contribution is -0.0527. The van der Waals surface area contributed by atoms with Gasteiger partial charge in [0.1, 0.15) is 5.69 Å². The van der Waals surface area contributed by atoms with Crippen molar-refractivity contribution in [3.8, 4) is 17.3 Å². The molecule has 3 aromatic heterocycles. The number of anilines is 2. The van der Waals surface area contributed by atoms with Gasteiger partial charge in [0.15, 0.2) is 10.9 Å². The maximum Gasteiger partial charge on any atom is 0.388 e. The van der Waals surface area contributed by atoms with Crippen LogP contribution in [-0.4, -0.2) is 65.6 Å². The minimum Gasteiger partial charge on any atom is -0.422 e. The van der Waals surface area contributed by atoms with Gasteiger partial charge in [0.2, 0.25) is 5.88 Å². The van der Waals surface area contributed by atoms with Crippen molar-refractivity contribution in [2.45, 2.75) is 32.0 Å². The number of pyridine rings is 1. The van der Waals surface area contributed by atoms with Gasteiger partial charge in [-0.05, 0) is 13.0 Å². The number of amides is 2. The lowest BCUT2D eigenvalue weighted by Crippen LogP contribution is -2.38. The Balaban J connectivity index is 1.54. The maximum absolute atomic E-state index is 12.5. The number of thiazole rings is 1. The fraction of sp³-hybridized carbons (Fsp3) is 0.429. The summed E-state index contributed by atoms with van der Waals surface area (Å²) in [4.78, 5) is 27.9. The molecule has 1 aliphatic rings. The number of oxazole rings is 1. The van der Waals surface area contributed by atoms with Gasteiger partial charge in [0.25, 0.3) is 6.01 Å². The van der Waals surface area contributed by atoms with Crippen molar-refractivity contribution in [1.29, 1.82) is 0 Å². The van der Waals surface area contributed by atoms with E-state index >= 15 is 0 Å². The van der Waals surface area contributed by atoms with E-state index in [1.165, 1.54) is 29.7 Å². The molecule has 2 amide bonds. The Morgan fingerprint density at radius 3 is 2.97 bits per heavy atom. The summed E-state index contributed by atoms with van der Waals surface area (Å²) in [5.41, 5.74) is 1.14. The molecule has 0 radical (unpaired) electrons. The van der Waals surface area contributed by atoms with E-state index in [0.717, 1.165) is 10.6 Å². The number of nitrogens with one attached hydrogen (secondary N) is 2. The van der Waals surface area contributed by atoms with Crippen molar-refractivity contribution < 1.29 is 32.6 Å². The number of rotatable bonds is 9. The fourth-order valence-corrected chi connectivity index (χ4v) is 4.67. The van der Waals surface area contributed by atoms with Gasteiger partial charge in [0, 0.05) is 26.1 Å². The van der Waals surface area contributed by atoms with Crippen LogP contribution >= 0.6 is 11.3 Å². The molecule has 0 saturated carbocycles. The number of aliphatic hydroxyl groups is 1. The number of ether oxygens (including phenoxy) is 2. The Morgan fingerprint density at radius 1 is 1.40 bits per heavy atom. The number of fused-ring (bicyclic) bond motifs is 1. The number of hydrogen-bond acceptors (Lipinski definition) is 10. The van der Waals surface area contributed by atoms with Crippen molar-refractivity contribution >= 4 is 28.5 Å². The van der Waals surface area contributed by atoms with Crippen LogP contribution in [-0.2, 0) is 11.2 Å². The van der Waals surface area contributed by atoms with E-state index < -0.39 is 18.7 Å². The normalized spacial score (nSPS) is 16.2. The Morgan fingerprint density at radius 2 is 2.23 bits per heavy atom. The summed E-state index contributed by atoms with van der Waals surface area (Å²) < 4.78 is 40.8. The molecule has 3 aromatic rings. The summed E-state index contributed by atoms with van der Waals surface area (Å²) in [5.74, 6) is 0.0699. The minimum absolute atomic E-state index is 0.177. The molecule has 4 heterocycles. The van der Waals surface area contributed by atoms with Gasteiger partial charge >= 0.3 is 12.6 Å². The van der Waals surface area contributed by atoms with Gasteiger partial charge in [-0.15, -0.1) is 0 Å². The first-order chi connectivity index (χ1) is 16.9. The number of aliphatic hydroxyl groups excluding tert-OH is 1. The van der Waals surface area contributed by atoms with Gasteiger partial charge in [-0.25, -0.2) is 19.7 Å². The molecule has 0 fully saturated rings. The zero-order valence-corrected chi connectivity index (χ0v) is 19.7. The highest BCUT2D eigenvalue weighted by atomic mass is 32.1. The van der Waals surface area contributed by atoms with Gasteiger partial charge in [-0.3, -0.25) is 5.32 Å². The summed E-state index contributed by atoms with van der Waals surface area (Å²) in [6.07, 6.45) is 2.05. The number of aromatic nitrogens is 3. The molecule has 0 unspecified atom stereocenters. The predicted molar refractivity (Wildman–Crippen MR) is 123 cm³/mol. The summed E-state index contributed by atoms with van der Waals surface area (Å²) >= 11 is 1.32. The topological polar surface area (TPSA) is 135 Å². The zero-order valence-electron chi connectivity index (χ0n) is 18.9. The van der Waals surface area contributed by atoms with Crippen LogP contribution in [0.3, 0.4) is 0 Å². The van der Waals surface area contributed by atoms with Crippen LogP contribution in [0.15, 0.2) is 28.8 Å². The molecule has 0 aliphatic carbocycles. The second kappa shape index (κ2) is 10.9. The third kappa shape index (κ3) is 5.83. The van der Waals surface area contributed by atoms with Gasteiger partial charge in [-0.2, -0.15) is 8.78 Å². The molecule has 14 heteroatoms. The third-order valence-electron chi connectivity index (χ3n) is 5.12. The highest BCUT2D eigenvalue weighted by Crippen LogP contribution is 2.39. The lowest BCUT2D eigenvalue weighted by atomic mass is 10.1. The predicted octanol–water partition coefficient (Wildman–Crippen LogP) is 3.05. The van der Waals surface area contributed by atoms with Crippen LogP contribution in [0, 0.1) is 0 Å². The number of methoxy groups -OCH3 is 1. The first kappa shape index (κ1) is 24.8. The Labute approximate surface area is 203 Å². The van der Waals surface area contributed by atoms with Gasteiger partial charge < -0.3 is 29.2 Å². The summed E-state index contributed by atoms with van der Waals surface area (Å²) in [6, 6.07) is 3.66. The average molecular weight is 511 g/mol. The van der Waals surface area contributed by atoms with E-state index in [1.807, 2.05) is 4.90 Å². The van der Waals surface area contributed by atoms with Crippen molar-refractivity contribution in [3.63, 3.8) is 0 Å². The SMILES string of the molecule is COC[C@H]1c2sc(NC(=O)N[C@H](C)CO)nc2CCN1c1ncc(-c2cccc(OC(F)F)n2)o1. The number of alkyl halides is 2. The van der Waals surface area contributed by atoms with Crippen LogP contribution in [0.1, 0.15) is 23.5 Å². The minimum atomic E-state index is -2.98. The molecule has 4 rings (SSSR count). The monoisotopic (exact) mass is 510 g/mol. The number of nitrogens with zero attached hydrogens (tertiary/aromatic N) is 4. The molecule has 0 aromatic carbocycles. The van der Waals surface area contributed by atoms with Crippen LogP contribution in [0.5, 0.6) is 5.88 Å². The fourth-order valence-electron chi connectivity index (χ4n) is 3.56. The summed E-state index contributed by atoms with van der Waals surface area (Å²) in [7, 11) is 1.58. The molecule has 2 atom stereocenters. The third-order valence-corrected chi connectivity index (χ3v) is 6.23. The highest BCUT2D eigenvalue weighted by Gasteiger charge is 2.34. The smallest absolute Gasteiger partial charge is 0.388 e. The van der Waals surface area contributed by atoms with Crippen LogP contribution in [0.2, 0.25) is 0 Å². The van der Waals surface area contributed by atoms with Crippen LogP contribution < -0.4 is 20.3 Å². The number of carbonyl (C=O) groups excluding carboxylic acids is 1. The molecule has 0 saturated heterocycles. The lowest BCUT2D eigenvalue weighted by Gasteiger charge is -2.33. The Bertz CT molecular complexity index is 1160. The quantitative estimate of drug-likeness (QED) is 0.397. The molecule has 0 bridgehead atoms. The van der Waals surface area contributed by atoms with Crippen molar-refractivity contribution in [2.75, 3.05) is 37.1 Å². The van der Waals surface area contributed by atoms with E-state index in [0.29, 0.717) is 42.2 Å². The van der Waals surface area contributed by atoms with Crippen LogP contribution in [0.4, 0.5) is 24.7 Å². The molecule has 188 valence electrons. The average Bonchev–Trinajstić information content (AvgIpc) is 3.46. The molecule has 1 aliphatic heterocycles. The van der Waals surface area contributed by atoms with Gasteiger partial charge in [-0.1, -0.05) is 17.4 Å². The van der Waals surface area contributed by atoms with E-state index in [4.69, 9.17) is 14.3 Å². The summed E-state index contributed by atoms with van der Waals surface area (Å²) in [5, 5.41) is 14.8. The molecule has 11 nitrogen and oxygen atoms in total. The van der Waals surface area contributed by atoms with E-state index in [2.05, 4.69) is 30.3 Å². The second-order valence-corrected chi connectivity index (χ2v) is 8.70. The Hall–Kier alpha value is -3.36.